The highest BCUT2D eigenvalue weighted by molar-refractivity contribution is 5.98. The summed E-state index contributed by atoms with van der Waals surface area (Å²) in [7, 11) is 0. The van der Waals surface area contributed by atoms with Crippen molar-refractivity contribution in [2.75, 3.05) is 13.1 Å². The molecule has 1 heterocycles. The van der Waals surface area contributed by atoms with E-state index in [4.69, 9.17) is 4.74 Å². The van der Waals surface area contributed by atoms with E-state index in [1.807, 2.05) is 0 Å². The minimum Gasteiger partial charge on any atom is -0.447 e. The number of ether oxygens (including phenoxy) is 1. The van der Waals surface area contributed by atoms with Crippen LogP contribution in [0.1, 0.15) is 50.7 Å². The first-order chi connectivity index (χ1) is 14.0. The monoisotopic (exact) mass is 401 g/mol. The zero-order chi connectivity index (χ0) is 20.8. The summed E-state index contributed by atoms with van der Waals surface area (Å²) in [6.45, 7) is 2.41. The first-order valence-corrected chi connectivity index (χ1v) is 10.1. The van der Waals surface area contributed by atoms with Crippen molar-refractivity contribution >= 4 is 23.8 Å². The number of likely N-dealkylation sites (tertiary alicyclic amines) is 1. The Morgan fingerprint density at radius 1 is 1.17 bits per heavy atom. The molecule has 3 rings (SSSR count). The predicted molar refractivity (Wildman–Crippen MR) is 105 cm³/mol. The molecule has 2 aliphatic rings. The van der Waals surface area contributed by atoms with Crippen LogP contribution in [-0.4, -0.2) is 47.8 Å². The standard InChI is InChI=1S/C21H27N3O5/c1-2-22-21(28)23-19(26)18(14-8-4-3-5-9-14)29-20(27)15-12-17(25)24(13-15)16-10-6-7-11-16/h3-5,8-9,15-16,18H,2,6-7,10-13H2,1H3,(H2,22,23,26,28)/t15-,18-/m1/s1. The Morgan fingerprint density at radius 2 is 1.86 bits per heavy atom. The van der Waals surface area contributed by atoms with Gasteiger partial charge in [-0.25, -0.2) is 4.79 Å². The summed E-state index contributed by atoms with van der Waals surface area (Å²) in [6.07, 6.45) is 2.96. The normalized spacial score (nSPS) is 20.4. The molecule has 0 radical (unpaired) electrons. The molecule has 1 aliphatic heterocycles. The van der Waals surface area contributed by atoms with Gasteiger partial charge in [-0.2, -0.15) is 0 Å². The van der Waals surface area contributed by atoms with Gasteiger partial charge in [-0.15, -0.1) is 0 Å². The minimum absolute atomic E-state index is 0.0399. The van der Waals surface area contributed by atoms with Gasteiger partial charge in [0.05, 0.1) is 5.92 Å². The Labute approximate surface area is 170 Å². The third-order valence-electron chi connectivity index (χ3n) is 5.41. The van der Waals surface area contributed by atoms with Gasteiger partial charge in [-0.3, -0.25) is 19.7 Å². The lowest BCUT2D eigenvalue weighted by molar-refractivity contribution is -0.159. The summed E-state index contributed by atoms with van der Waals surface area (Å²) < 4.78 is 5.51. The van der Waals surface area contributed by atoms with Gasteiger partial charge in [0, 0.05) is 31.1 Å². The van der Waals surface area contributed by atoms with Crippen molar-refractivity contribution in [2.45, 2.75) is 51.2 Å². The molecule has 156 valence electrons. The van der Waals surface area contributed by atoms with E-state index in [2.05, 4.69) is 10.6 Å². The zero-order valence-electron chi connectivity index (χ0n) is 16.6. The molecule has 0 unspecified atom stereocenters. The van der Waals surface area contributed by atoms with E-state index in [0.29, 0.717) is 18.7 Å². The third kappa shape index (κ3) is 5.13. The molecule has 2 N–H and O–H groups in total. The van der Waals surface area contributed by atoms with Crippen molar-refractivity contribution in [1.82, 2.24) is 15.5 Å². The fourth-order valence-corrected chi connectivity index (χ4v) is 3.95. The molecule has 0 aromatic heterocycles. The Morgan fingerprint density at radius 3 is 2.52 bits per heavy atom. The van der Waals surface area contributed by atoms with E-state index < -0.39 is 29.9 Å². The number of amides is 4. The van der Waals surface area contributed by atoms with Crippen molar-refractivity contribution < 1.29 is 23.9 Å². The zero-order valence-corrected chi connectivity index (χ0v) is 16.6. The number of urea groups is 1. The second kappa shape index (κ2) is 9.54. The van der Waals surface area contributed by atoms with Crippen LogP contribution in [0.4, 0.5) is 4.79 Å². The number of hydrogen-bond donors (Lipinski definition) is 2. The summed E-state index contributed by atoms with van der Waals surface area (Å²) in [6, 6.07) is 8.07. The van der Waals surface area contributed by atoms with Crippen LogP contribution in [-0.2, 0) is 19.1 Å². The van der Waals surface area contributed by atoms with Crippen LogP contribution in [0.2, 0.25) is 0 Å². The van der Waals surface area contributed by atoms with Crippen LogP contribution < -0.4 is 10.6 Å². The molecule has 1 aromatic carbocycles. The van der Waals surface area contributed by atoms with Gasteiger partial charge < -0.3 is 15.0 Å². The molecule has 0 bridgehead atoms. The topological polar surface area (TPSA) is 105 Å². The second-order valence-electron chi connectivity index (χ2n) is 7.46. The van der Waals surface area contributed by atoms with E-state index in [9.17, 15) is 19.2 Å². The fraction of sp³-hybridized carbons (Fsp3) is 0.524. The molecule has 1 aliphatic carbocycles. The highest BCUT2D eigenvalue weighted by atomic mass is 16.5. The molecular weight excluding hydrogens is 374 g/mol. The quantitative estimate of drug-likeness (QED) is 0.709. The first-order valence-electron chi connectivity index (χ1n) is 10.1. The summed E-state index contributed by atoms with van der Waals surface area (Å²) in [5, 5.41) is 4.67. The van der Waals surface area contributed by atoms with E-state index in [1.165, 1.54) is 0 Å². The molecule has 8 heteroatoms. The predicted octanol–water partition coefficient (Wildman–Crippen LogP) is 1.91. The first kappa shape index (κ1) is 20.8. The van der Waals surface area contributed by atoms with Gasteiger partial charge in [0.2, 0.25) is 12.0 Å². The highest BCUT2D eigenvalue weighted by Crippen LogP contribution is 2.31. The van der Waals surface area contributed by atoms with E-state index >= 15 is 0 Å². The van der Waals surface area contributed by atoms with Crippen LogP contribution in [0.15, 0.2) is 30.3 Å². The maximum atomic E-state index is 12.8. The SMILES string of the molecule is CCNC(=O)NC(=O)[C@H](OC(=O)[C@@H]1CC(=O)N(C2CCCC2)C1)c1ccccc1. The van der Waals surface area contributed by atoms with E-state index in [-0.39, 0.29) is 18.4 Å². The summed E-state index contributed by atoms with van der Waals surface area (Å²) in [5.74, 6) is -1.97. The van der Waals surface area contributed by atoms with Crippen molar-refractivity contribution in [3.63, 3.8) is 0 Å². The lowest BCUT2D eigenvalue weighted by Gasteiger charge is -2.24. The van der Waals surface area contributed by atoms with Crippen LogP contribution in [0.25, 0.3) is 0 Å². The maximum absolute atomic E-state index is 12.8. The van der Waals surface area contributed by atoms with Crippen LogP contribution in [0, 0.1) is 5.92 Å². The lowest BCUT2D eigenvalue weighted by atomic mass is 10.1. The summed E-state index contributed by atoms with van der Waals surface area (Å²) >= 11 is 0. The number of carbonyl (C=O) groups is 4. The molecule has 2 fully saturated rings. The average molecular weight is 401 g/mol. The number of benzene rings is 1. The molecule has 1 saturated carbocycles. The Balaban J connectivity index is 1.68. The Hall–Kier alpha value is -2.90. The average Bonchev–Trinajstić information content (AvgIpc) is 3.36. The van der Waals surface area contributed by atoms with Gasteiger partial charge >= 0.3 is 12.0 Å². The van der Waals surface area contributed by atoms with Gasteiger partial charge in [-0.05, 0) is 19.8 Å². The third-order valence-corrected chi connectivity index (χ3v) is 5.41. The number of nitrogens with zero attached hydrogens (tertiary/aromatic N) is 1. The largest absolute Gasteiger partial charge is 0.447 e. The number of esters is 1. The van der Waals surface area contributed by atoms with Crippen molar-refractivity contribution in [2.24, 2.45) is 5.92 Å². The van der Waals surface area contributed by atoms with E-state index in [0.717, 1.165) is 25.7 Å². The summed E-state index contributed by atoms with van der Waals surface area (Å²) in [4.78, 5) is 51.2. The van der Waals surface area contributed by atoms with Gasteiger partial charge in [0.15, 0.2) is 0 Å². The molecule has 4 amide bonds. The highest BCUT2D eigenvalue weighted by Gasteiger charge is 2.41. The maximum Gasteiger partial charge on any atom is 0.321 e. The van der Waals surface area contributed by atoms with Crippen LogP contribution in [0.5, 0.6) is 0 Å². The molecule has 8 nitrogen and oxygen atoms in total. The molecule has 29 heavy (non-hydrogen) atoms. The number of carbonyl (C=O) groups excluding carboxylic acids is 4. The Kier molecular flexibility index (Phi) is 6.85. The summed E-state index contributed by atoms with van der Waals surface area (Å²) in [5.41, 5.74) is 0.458. The van der Waals surface area contributed by atoms with Gasteiger partial charge in [-0.1, -0.05) is 43.2 Å². The van der Waals surface area contributed by atoms with Crippen molar-refractivity contribution in [3.05, 3.63) is 35.9 Å². The Bertz CT molecular complexity index is 761. The van der Waals surface area contributed by atoms with Crippen LogP contribution >= 0.6 is 0 Å². The van der Waals surface area contributed by atoms with Crippen molar-refractivity contribution in [3.8, 4) is 0 Å². The molecular formula is C21H27N3O5. The van der Waals surface area contributed by atoms with Gasteiger partial charge in [0.1, 0.15) is 0 Å². The number of hydrogen-bond acceptors (Lipinski definition) is 5. The van der Waals surface area contributed by atoms with Crippen molar-refractivity contribution in [1.29, 1.82) is 0 Å². The number of nitrogens with one attached hydrogen (secondary N) is 2. The molecule has 1 saturated heterocycles. The van der Waals surface area contributed by atoms with E-state index in [1.54, 1.807) is 42.2 Å². The minimum atomic E-state index is -1.26. The van der Waals surface area contributed by atoms with Crippen LogP contribution in [0.3, 0.4) is 0 Å². The number of imide groups is 1. The second-order valence-corrected chi connectivity index (χ2v) is 7.46. The molecule has 1 aromatic rings. The number of rotatable bonds is 6. The fourth-order valence-electron chi connectivity index (χ4n) is 3.95. The molecule has 0 spiro atoms. The smallest absolute Gasteiger partial charge is 0.321 e. The molecule has 2 atom stereocenters. The van der Waals surface area contributed by atoms with Gasteiger partial charge in [0.25, 0.3) is 5.91 Å². The lowest BCUT2D eigenvalue weighted by Crippen LogP contribution is -2.43.